The zero-order chi connectivity index (χ0) is 41.2. The first-order valence-electron chi connectivity index (χ1n) is 21.2. The molecule has 6 heteroatoms. The van der Waals surface area contributed by atoms with Gasteiger partial charge in [-0.05, 0) is 81.5 Å². The van der Waals surface area contributed by atoms with Crippen LogP contribution in [-0.2, 0) is 0 Å². The van der Waals surface area contributed by atoms with E-state index in [0.717, 1.165) is 81.6 Å². The predicted molar refractivity (Wildman–Crippen MR) is 263 cm³/mol. The molecule has 0 radical (unpaired) electrons. The lowest BCUT2D eigenvalue weighted by Gasteiger charge is -2.14. The molecule has 0 atom stereocenters. The second-order valence-corrected chi connectivity index (χ2v) is 17.4. The van der Waals surface area contributed by atoms with Gasteiger partial charge in [0.1, 0.15) is 11.2 Å². The molecule has 0 N–H and O–H groups in total. The number of fused-ring (bicyclic) bond motifs is 13. The van der Waals surface area contributed by atoms with Gasteiger partial charge in [0.15, 0.2) is 17.5 Å². The summed E-state index contributed by atoms with van der Waals surface area (Å²) in [7, 11) is 0. The van der Waals surface area contributed by atoms with Gasteiger partial charge in [-0.15, -0.1) is 11.3 Å². The van der Waals surface area contributed by atoms with Crippen molar-refractivity contribution in [2.24, 2.45) is 0 Å². The van der Waals surface area contributed by atoms with Gasteiger partial charge in [0.25, 0.3) is 0 Å². The van der Waals surface area contributed by atoms with Crippen LogP contribution in [0.2, 0.25) is 0 Å². The van der Waals surface area contributed by atoms with Crippen LogP contribution in [0.15, 0.2) is 199 Å². The van der Waals surface area contributed by atoms with Gasteiger partial charge in [0, 0.05) is 58.4 Å². The zero-order valence-corrected chi connectivity index (χ0v) is 34.4. The lowest BCUT2D eigenvalue weighted by atomic mass is 10.0. The van der Waals surface area contributed by atoms with Crippen LogP contribution in [0.3, 0.4) is 0 Å². The average molecular weight is 821 g/mol. The lowest BCUT2D eigenvalue weighted by molar-refractivity contribution is 0.672. The minimum atomic E-state index is 0.570. The molecule has 4 heterocycles. The number of nitrogens with zero attached hydrogens (tertiary/aromatic N) is 4. The fraction of sp³-hybridized carbons (Fsp3) is 0. The Morgan fingerprint density at radius 3 is 1.90 bits per heavy atom. The number of hydrogen-bond donors (Lipinski definition) is 0. The summed E-state index contributed by atoms with van der Waals surface area (Å²) in [6.07, 6.45) is 0. The fourth-order valence-corrected chi connectivity index (χ4v) is 11.0. The highest BCUT2D eigenvalue weighted by atomic mass is 32.1. The molecule has 4 aromatic heterocycles. The van der Waals surface area contributed by atoms with Crippen molar-refractivity contribution in [3.05, 3.63) is 194 Å². The van der Waals surface area contributed by atoms with Crippen LogP contribution in [0, 0.1) is 0 Å². The first-order valence-corrected chi connectivity index (χ1v) is 22.0. The van der Waals surface area contributed by atoms with Gasteiger partial charge < -0.3 is 8.98 Å². The van der Waals surface area contributed by atoms with Crippen molar-refractivity contribution in [2.75, 3.05) is 0 Å². The van der Waals surface area contributed by atoms with E-state index in [1.54, 1.807) is 11.3 Å². The molecule has 0 saturated carbocycles. The maximum atomic E-state index is 7.05. The third-order valence-corrected chi connectivity index (χ3v) is 14.0. The van der Waals surface area contributed by atoms with Gasteiger partial charge in [0.05, 0.1) is 22.1 Å². The number of rotatable bonds is 4. The molecule has 0 bridgehead atoms. The Kier molecular flexibility index (Phi) is 7.21. The quantitative estimate of drug-likeness (QED) is 0.177. The van der Waals surface area contributed by atoms with E-state index >= 15 is 0 Å². The Bertz CT molecular complexity index is 4230. The fourth-order valence-electron chi connectivity index (χ4n) is 9.84. The van der Waals surface area contributed by atoms with Crippen molar-refractivity contribution < 1.29 is 4.42 Å². The normalized spacial score (nSPS) is 12.1. The van der Waals surface area contributed by atoms with Crippen LogP contribution in [0.5, 0.6) is 0 Å². The summed E-state index contributed by atoms with van der Waals surface area (Å²) >= 11 is 1.78. The molecule has 0 fully saturated rings. The van der Waals surface area contributed by atoms with Gasteiger partial charge in [-0.2, -0.15) is 0 Å². The predicted octanol–water partition coefficient (Wildman–Crippen LogP) is 15.7. The van der Waals surface area contributed by atoms with Crippen LogP contribution in [0.25, 0.3) is 136 Å². The molecule has 5 nitrogen and oxygen atoms in total. The average Bonchev–Trinajstić information content (AvgIpc) is 4.02. The van der Waals surface area contributed by atoms with E-state index in [0.29, 0.717) is 17.5 Å². The van der Waals surface area contributed by atoms with E-state index in [-0.39, 0.29) is 0 Å². The molecular weight excluding hydrogens is 789 g/mol. The molecule has 0 saturated heterocycles. The van der Waals surface area contributed by atoms with Crippen molar-refractivity contribution >= 4 is 108 Å². The number of benzene rings is 10. The maximum Gasteiger partial charge on any atom is 0.165 e. The minimum absolute atomic E-state index is 0.570. The van der Waals surface area contributed by atoms with Gasteiger partial charge in [-0.1, -0.05) is 140 Å². The van der Waals surface area contributed by atoms with Crippen LogP contribution < -0.4 is 0 Å². The number of para-hydroxylation sites is 1. The highest BCUT2D eigenvalue weighted by molar-refractivity contribution is 7.26. The topological polar surface area (TPSA) is 56.7 Å². The SMILES string of the molecule is c1ccc2cc(-c3nc(-c4cc(-n5c6ccccc6c6cc7ccccc7cc65)c5c(c4)oc4c6ccccc6ccc45)nc(-c4cccc5c4sc4ccccc45)n3)ccc2c1. The highest BCUT2D eigenvalue weighted by Gasteiger charge is 2.23. The third-order valence-electron chi connectivity index (χ3n) is 12.8. The molecule has 63 heavy (non-hydrogen) atoms. The van der Waals surface area contributed by atoms with Crippen LogP contribution >= 0.6 is 11.3 Å². The van der Waals surface area contributed by atoms with Crippen LogP contribution in [-0.4, -0.2) is 19.5 Å². The molecule has 0 aliphatic rings. The maximum absolute atomic E-state index is 7.05. The van der Waals surface area contributed by atoms with E-state index in [1.165, 1.54) is 37.0 Å². The number of thiophene rings is 1. The van der Waals surface area contributed by atoms with Crippen LogP contribution in [0.4, 0.5) is 0 Å². The van der Waals surface area contributed by atoms with Crippen LogP contribution in [0.1, 0.15) is 0 Å². The highest BCUT2D eigenvalue weighted by Crippen LogP contribution is 2.44. The molecule has 14 aromatic rings. The first kappa shape index (κ1) is 34.5. The third kappa shape index (κ3) is 5.19. The number of hydrogen-bond acceptors (Lipinski definition) is 5. The van der Waals surface area contributed by atoms with Crippen molar-refractivity contribution in [3.63, 3.8) is 0 Å². The Labute approximate surface area is 363 Å². The zero-order valence-electron chi connectivity index (χ0n) is 33.6. The summed E-state index contributed by atoms with van der Waals surface area (Å²) in [6.45, 7) is 0. The second-order valence-electron chi connectivity index (χ2n) is 16.4. The summed E-state index contributed by atoms with van der Waals surface area (Å²) in [4.78, 5) is 16.1. The molecule has 14 rings (SSSR count). The van der Waals surface area contributed by atoms with E-state index < -0.39 is 0 Å². The van der Waals surface area contributed by atoms with Crippen molar-refractivity contribution in [1.82, 2.24) is 19.5 Å². The van der Waals surface area contributed by atoms with E-state index in [4.69, 9.17) is 19.4 Å². The van der Waals surface area contributed by atoms with E-state index in [9.17, 15) is 0 Å². The minimum Gasteiger partial charge on any atom is -0.455 e. The van der Waals surface area contributed by atoms with E-state index in [1.807, 2.05) is 0 Å². The summed E-state index contributed by atoms with van der Waals surface area (Å²) < 4.78 is 11.8. The van der Waals surface area contributed by atoms with Crippen molar-refractivity contribution in [3.8, 4) is 39.9 Å². The first-order chi connectivity index (χ1) is 31.2. The standard InChI is InChI=1S/C57H32N4OS/c1-2-14-35-28-38(25-24-33(35)12-1)55-58-56(60-57(59-55)45-21-11-20-43-42-19-8-10-23-51(42)63-54(43)45)39-31-49(52-44-27-26-34-13-5-6-17-40(34)53(44)62-50(52)32-39)61-47-22-9-7-18-41(47)46-29-36-15-3-4-16-37(36)30-48(46)61/h1-32H. The van der Waals surface area contributed by atoms with Gasteiger partial charge in [-0.25, -0.2) is 15.0 Å². The summed E-state index contributed by atoms with van der Waals surface area (Å²) in [5.41, 5.74) is 7.59. The molecule has 0 aliphatic carbocycles. The van der Waals surface area contributed by atoms with Crippen molar-refractivity contribution in [2.45, 2.75) is 0 Å². The Balaban J connectivity index is 1.10. The smallest absolute Gasteiger partial charge is 0.165 e. The lowest BCUT2D eigenvalue weighted by Crippen LogP contribution is -2.02. The monoisotopic (exact) mass is 820 g/mol. The summed E-state index contributed by atoms with van der Waals surface area (Å²) in [5.74, 6) is 1.81. The number of furan rings is 1. The largest absolute Gasteiger partial charge is 0.455 e. The van der Waals surface area contributed by atoms with Gasteiger partial charge >= 0.3 is 0 Å². The Morgan fingerprint density at radius 2 is 1.05 bits per heavy atom. The Morgan fingerprint density at radius 1 is 0.397 bits per heavy atom. The molecule has 0 unspecified atom stereocenters. The molecule has 0 spiro atoms. The van der Waals surface area contributed by atoms with E-state index in [2.05, 4.69) is 199 Å². The van der Waals surface area contributed by atoms with Crippen molar-refractivity contribution in [1.29, 1.82) is 0 Å². The summed E-state index contributed by atoms with van der Waals surface area (Å²) in [6, 6.07) is 69.1. The molecular formula is C57H32N4OS. The molecule has 10 aromatic carbocycles. The second kappa shape index (κ2) is 13.2. The number of aromatic nitrogens is 4. The molecule has 0 amide bonds. The summed E-state index contributed by atoms with van der Waals surface area (Å²) in [5, 5.41) is 13.8. The van der Waals surface area contributed by atoms with Gasteiger partial charge in [-0.3, -0.25) is 0 Å². The Hall–Kier alpha value is -8.19. The molecule has 292 valence electrons. The molecule has 0 aliphatic heterocycles. The van der Waals surface area contributed by atoms with Gasteiger partial charge in [0.2, 0.25) is 0 Å².